The average molecular weight is 286 g/mol. The van der Waals surface area contributed by atoms with Crippen LogP contribution in [0.2, 0.25) is 0 Å². The van der Waals surface area contributed by atoms with Gasteiger partial charge in [0.2, 0.25) is 0 Å². The number of para-hydroxylation sites is 1. The van der Waals surface area contributed by atoms with Gasteiger partial charge >= 0.3 is 5.97 Å². The Bertz CT molecular complexity index is 415. The Morgan fingerprint density at radius 1 is 1.15 bits per heavy atom. The van der Waals surface area contributed by atoms with Crippen molar-refractivity contribution in [2.45, 2.75) is 13.3 Å². The van der Waals surface area contributed by atoms with E-state index in [0.717, 1.165) is 0 Å². The van der Waals surface area contributed by atoms with Crippen LogP contribution in [0.15, 0.2) is 18.2 Å². The molecule has 0 radical (unpaired) electrons. The van der Waals surface area contributed by atoms with Crippen LogP contribution >= 0.6 is 0 Å². The number of hydrogen-bond acceptors (Lipinski definition) is 6. The van der Waals surface area contributed by atoms with Gasteiger partial charge < -0.3 is 31.9 Å². The number of benzene rings is 1. The summed E-state index contributed by atoms with van der Waals surface area (Å²) in [4.78, 5) is 10.4. The summed E-state index contributed by atoms with van der Waals surface area (Å²) in [6, 6.07) is 4.52. The van der Waals surface area contributed by atoms with Crippen LogP contribution in [0.4, 0.5) is 11.4 Å². The van der Waals surface area contributed by atoms with Crippen molar-refractivity contribution < 1.29 is 25.2 Å². The summed E-state index contributed by atoms with van der Waals surface area (Å²) in [5.74, 6) is -1.06. The fourth-order valence-corrected chi connectivity index (χ4v) is 1.25. The summed E-state index contributed by atoms with van der Waals surface area (Å²) in [5.41, 5.74) is 10.5. The second-order valence-electron chi connectivity index (χ2n) is 4.44. The summed E-state index contributed by atoms with van der Waals surface area (Å²) >= 11 is 0. The Hall–Kier alpha value is -1.83. The number of hydrogen-bond donors (Lipinski definition) is 6. The lowest BCUT2D eigenvalue weighted by Crippen LogP contribution is -2.32. The van der Waals surface area contributed by atoms with E-state index in [0.29, 0.717) is 12.1 Å². The molecule has 0 spiro atoms. The van der Waals surface area contributed by atoms with Gasteiger partial charge in [-0.2, -0.15) is 0 Å². The van der Waals surface area contributed by atoms with Gasteiger partial charge in [0.1, 0.15) is 0 Å². The van der Waals surface area contributed by atoms with Gasteiger partial charge in [-0.15, -0.1) is 0 Å². The number of aliphatic hydroxyl groups is 3. The van der Waals surface area contributed by atoms with E-state index >= 15 is 0 Å². The van der Waals surface area contributed by atoms with E-state index in [1.165, 1.54) is 6.07 Å². The molecule has 0 aromatic heterocycles. The van der Waals surface area contributed by atoms with Crippen molar-refractivity contribution in [2.24, 2.45) is 5.41 Å². The van der Waals surface area contributed by atoms with Gasteiger partial charge in [-0.05, 0) is 18.6 Å². The van der Waals surface area contributed by atoms with Crippen LogP contribution in [-0.2, 0) is 0 Å². The second kappa shape index (κ2) is 8.36. The van der Waals surface area contributed by atoms with E-state index in [-0.39, 0.29) is 31.1 Å². The summed E-state index contributed by atoms with van der Waals surface area (Å²) in [5, 5.41) is 34.5. The summed E-state index contributed by atoms with van der Waals surface area (Å²) in [7, 11) is 0. The molecule has 0 atom stereocenters. The zero-order valence-electron chi connectivity index (χ0n) is 11.4. The lowest BCUT2D eigenvalue weighted by atomic mass is 9.88. The number of nitrogen functional groups attached to an aromatic ring is 2. The molecule has 114 valence electrons. The van der Waals surface area contributed by atoms with E-state index in [4.69, 9.17) is 31.9 Å². The highest BCUT2D eigenvalue weighted by Gasteiger charge is 2.24. The molecule has 7 heteroatoms. The first-order valence-electron chi connectivity index (χ1n) is 6.07. The van der Waals surface area contributed by atoms with Crippen molar-refractivity contribution >= 4 is 17.3 Å². The first-order chi connectivity index (χ1) is 9.37. The van der Waals surface area contributed by atoms with Crippen molar-refractivity contribution in [3.8, 4) is 0 Å². The van der Waals surface area contributed by atoms with Gasteiger partial charge in [0.25, 0.3) is 0 Å². The topological polar surface area (TPSA) is 150 Å². The SMILES string of the molecule is CCC(CO)(CO)CO.Nc1cccc(C(=O)O)c1N. The molecule has 0 saturated heterocycles. The molecule has 0 aliphatic rings. The van der Waals surface area contributed by atoms with Crippen LogP contribution in [0.3, 0.4) is 0 Å². The van der Waals surface area contributed by atoms with Crippen molar-refractivity contribution in [3.63, 3.8) is 0 Å². The predicted octanol–water partition coefficient (Wildman–Crippen LogP) is -0.0911. The molecule has 0 heterocycles. The zero-order chi connectivity index (χ0) is 15.8. The number of carboxylic acid groups (broad SMARTS) is 1. The van der Waals surface area contributed by atoms with Crippen LogP contribution in [-0.4, -0.2) is 46.2 Å². The molecule has 0 amide bonds. The number of aromatic carboxylic acids is 1. The standard InChI is InChI=1S/C7H8N2O2.C6H14O3/c8-5-3-1-2-4(6(5)9)7(10)11;1-2-6(3-7,4-8)5-9/h1-3H,8-9H2,(H,10,11);7-9H,2-5H2,1H3. The molecule has 0 aliphatic carbocycles. The maximum atomic E-state index is 10.4. The largest absolute Gasteiger partial charge is 0.478 e. The molecule has 0 bridgehead atoms. The monoisotopic (exact) mass is 286 g/mol. The summed E-state index contributed by atoms with van der Waals surface area (Å²) in [6.07, 6.45) is 0.594. The van der Waals surface area contributed by atoms with Crippen LogP contribution in [0, 0.1) is 5.41 Å². The van der Waals surface area contributed by atoms with E-state index in [9.17, 15) is 4.79 Å². The Morgan fingerprint density at radius 3 is 1.90 bits per heavy atom. The average Bonchev–Trinajstić information content (AvgIpc) is 2.45. The van der Waals surface area contributed by atoms with Gasteiger partial charge in [0.15, 0.2) is 0 Å². The highest BCUT2D eigenvalue weighted by molar-refractivity contribution is 5.96. The highest BCUT2D eigenvalue weighted by Crippen LogP contribution is 2.19. The Morgan fingerprint density at radius 2 is 1.65 bits per heavy atom. The van der Waals surface area contributed by atoms with E-state index in [1.54, 1.807) is 12.1 Å². The number of anilines is 2. The second-order valence-corrected chi connectivity index (χ2v) is 4.44. The minimum Gasteiger partial charge on any atom is -0.478 e. The maximum absolute atomic E-state index is 10.4. The van der Waals surface area contributed by atoms with Crippen molar-refractivity contribution in [2.75, 3.05) is 31.3 Å². The van der Waals surface area contributed by atoms with E-state index in [2.05, 4.69) is 0 Å². The third kappa shape index (κ3) is 4.69. The zero-order valence-corrected chi connectivity index (χ0v) is 11.4. The Balaban J connectivity index is 0.000000370. The number of carboxylic acids is 1. The molecule has 0 aliphatic heterocycles. The molecule has 1 aromatic rings. The predicted molar refractivity (Wildman–Crippen MR) is 76.2 cm³/mol. The van der Waals surface area contributed by atoms with E-state index in [1.807, 2.05) is 6.92 Å². The first kappa shape index (κ1) is 18.2. The van der Waals surface area contributed by atoms with Crippen molar-refractivity contribution in [1.29, 1.82) is 0 Å². The molecular weight excluding hydrogens is 264 g/mol. The first-order valence-corrected chi connectivity index (χ1v) is 6.07. The minimum atomic E-state index is -1.06. The maximum Gasteiger partial charge on any atom is 0.337 e. The quantitative estimate of drug-likeness (QED) is 0.414. The third-order valence-corrected chi connectivity index (χ3v) is 3.13. The lowest BCUT2D eigenvalue weighted by Gasteiger charge is -2.24. The molecule has 0 fully saturated rings. The van der Waals surface area contributed by atoms with E-state index < -0.39 is 11.4 Å². The normalized spacial score (nSPS) is 10.6. The fraction of sp³-hybridized carbons (Fsp3) is 0.462. The number of nitrogens with two attached hydrogens (primary N) is 2. The lowest BCUT2D eigenvalue weighted by molar-refractivity contribution is 0.00304. The summed E-state index contributed by atoms with van der Waals surface area (Å²) < 4.78 is 0. The van der Waals surface area contributed by atoms with Gasteiger partial charge in [-0.3, -0.25) is 0 Å². The smallest absolute Gasteiger partial charge is 0.337 e. The molecule has 8 N–H and O–H groups in total. The molecule has 20 heavy (non-hydrogen) atoms. The van der Waals surface area contributed by atoms with Crippen molar-refractivity contribution in [3.05, 3.63) is 23.8 Å². The highest BCUT2D eigenvalue weighted by atomic mass is 16.4. The van der Waals surface area contributed by atoms with Crippen LogP contribution in [0.25, 0.3) is 0 Å². The van der Waals surface area contributed by atoms with Gasteiger partial charge in [-0.1, -0.05) is 13.0 Å². The third-order valence-electron chi connectivity index (χ3n) is 3.13. The fourth-order valence-electron chi connectivity index (χ4n) is 1.25. The Labute approximate surface area is 117 Å². The van der Waals surface area contributed by atoms with Crippen LogP contribution in [0.1, 0.15) is 23.7 Å². The minimum absolute atomic E-state index is 0.0463. The number of rotatable bonds is 5. The molecule has 1 aromatic carbocycles. The summed E-state index contributed by atoms with van der Waals surface area (Å²) in [6.45, 7) is 1.35. The van der Waals surface area contributed by atoms with Gasteiger partial charge in [0, 0.05) is 5.41 Å². The van der Waals surface area contributed by atoms with Crippen LogP contribution in [0.5, 0.6) is 0 Å². The van der Waals surface area contributed by atoms with Crippen LogP contribution < -0.4 is 11.5 Å². The van der Waals surface area contributed by atoms with Gasteiger partial charge in [0.05, 0.1) is 36.8 Å². The Kier molecular flexibility index (Phi) is 7.60. The molecule has 0 saturated carbocycles. The van der Waals surface area contributed by atoms with Gasteiger partial charge in [-0.25, -0.2) is 4.79 Å². The molecule has 0 unspecified atom stereocenters. The molecular formula is C13H22N2O5. The molecule has 7 nitrogen and oxygen atoms in total. The number of aliphatic hydroxyl groups excluding tert-OH is 3. The van der Waals surface area contributed by atoms with Crippen molar-refractivity contribution in [1.82, 2.24) is 0 Å². The number of carbonyl (C=O) groups is 1. The molecule has 1 rings (SSSR count).